The van der Waals surface area contributed by atoms with Crippen molar-refractivity contribution in [2.45, 2.75) is 129 Å². The lowest BCUT2D eigenvalue weighted by atomic mass is 10.0. The number of amides is 1. The van der Waals surface area contributed by atoms with E-state index in [0.717, 1.165) is 30.4 Å². The van der Waals surface area contributed by atoms with Crippen LogP contribution in [0.4, 0.5) is 0 Å². The summed E-state index contributed by atoms with van der Waals surface area (Å²) in [5.74, 6) is -0.402. The summed E-state index contributed by atoms with van der Waals surface area (Å²) in [6, 6.07) is 15.4. The normalized spacial score (nSPS) is 11.7. The van der Waals surface area contributed by atoms with Crippen LogP contribution >= 0.6 is 0 Å². The molecule has 0 unspecified atom stereocenters. The van der Waals surface area contributed by atoms with Gasteiger partial charge in [0.25, 0.3) is 0 Å². The zero-order chi connectivity index (χ0) is 28.0. The molecule has 0 fully saturated rings. The van der Waals surface area contributed by atoms with E-state index in [9.17, 15) is 14.7 Å². The zero-order valence-corrected chi connectivity index (χ0v) is 24.2. The Morgan fingerprint density at radius 2 is 1.21 bits per heavy atom. The molecule has 0 heterocycles. The largest absolute Gasteiger partial charge is 0.508 e. The monoisotopic (exact) mass is 537 g/mol. The first-order valence-electron chi connectivity index (χ1n) is 15.4. The number of carbonyl (C=O) groups excluding carboxylic acids is 2. The molecule has 2 N–H and O–H groups in total. The van der Waals surface area contributed by atoms with Gasteiger partial charge in [-0.25, -0.2) is 4.79 Å². The molecule has 5 nitrogen and oxygen atoms in total. The van der Waals surface area contributed by atoms with Crippen LogP contribution < -0.4 is 5.32 Å². The van der Waals surface area contributed by atoms with Crippen molar-refractivity contribution in [3.05, 3.63) is 65.7 Å². The van der Waals surface area contributed by atoms with Crippen molar-refractivity contribution in [3.63, 3.8) is 0 Å². The lowest BCUT2D eigenvalue weighted by molar-refractivity contribution is -0.149. The van der Waals surface area contributed by atoms with Crippen LogP contribution in [0.2, 0.25) is 0 Å². The standard InChI is InChI=1S/C34H51NO4/c1-2-3-4-5-6-7-8-9-10-11-12-13-14-15-19-22-33(37)35-32(27-29-23-25-31(36)26-24-29)34(38)39-28-30-20-17-16-18-21-30/h16-18,20-21,23-26,32,36H,2-15,19,22,27-28H2,1H3,(H,35,37)/t32-/m0/s1. The van der Waals surface area contributed by atoms with E-state index in [4.69, 9.17) is 4.74 Å². The van der Waals surface area contributed by atoms with Crippen LogP contribution in [-0.2, 0) is 27.4 Å². The summed E-state index contributed by atoms with van der Waals surface area (Å²) in [4.78, 5) is 25.5. The fraction of sp³-hybridized carbons (Fsp3) is 0.588. The molecule has 2 rings (SSSR count). The summed E-state index contributed by atoms with van der Waals surface area (Å²) in [5, 5.41) is 12.4. The summed E-state index contributed by atoms with van der Waals surface area (Å²) in [6.07, 6.45) is 20.0. The van der Waals surface area contributed by atoms with Crippen molar-refractivity contribution in [1.82, 2.24) is 5.32 Å². The first-order valence-corrected chi connectivity index (χ1v) is 15.4. The first kappa shape index (κ1) is 32.4. The van der Waals surface area contributed by atoms with E-state index < -0.39 is 12.0 Å². The summed E-state index contributed by atoms with van der Waals surface area (Å²) in [7, 11) is 0. The minimum atomic E-state index is -0.762. The molecule has 1 amide bonds. The molecule has 0 spiro atoms. The third-order valence-electron chi connectivity index (χ3n) is 7.23. The van der Waals surface area contributed by atoms with E-state index in [2.05, 4.69) is 12.2 Å². The molecule has 0 bridgehead atoms. The van der Waals surface area contributed by atoms with Gasteiger partial charge < -0.3 is 15.2 Å². The molecule has 5 heteroatoms. The SMILES string of the molecule is CCCCCCCCCCCCCCCCCC(=O)N[C@@H](Cc1ccc(O)cc1)C(=O)OCc1ccccc1. The number of rotatable bonds is 22. The molecule has 0 saturated heterocycles. The molecule has 2 aromatic rings. The maximum absolute atomic E-state index is 12.8. The maximum atomic E-state index is 12.8. The minimum Gasteiger partial charge on any atom is -0.508 e. The Balaban J connectivity index is 1.60. The second-order valence-corrected chi connectivity index (χ2v) is 10.8. The lowest BCUT2D eigenvalue weighted by Gasteiger charge is -2.18. The highest BCUT2D eigenvalue weighted by Crippen LogP contribution is 2.15. The molecule has 2 aromatic carbocycles. The highest BCUT2D eigenvalue weighted by molar-refractivity contribution is 5.84. The van der Waals surface area contributed by atoms with Gasteiger partial charge in [0.05, 0.1) is 0 Å². The summed E-state index contributed by atoms with van der Waals surface area (Å²) < 4.78 is 5.52. The van der Waals surface area contributed by atoms with Crippen LogP contribution in [0.5, 0.6) is 5.75 Å². The average Bonchev–Trinajstić information content (AvgIpc) is 2.95. The highest BCUT2D eigenvalue weighted by atomic mass is 16.5. The number of nitrogens with one attached hydrogen (secondary N) is 1. The number of esters is 1. The second-order valence-electron chi connectivity index (χ2n) is 10.8. The van der Waals surface area contributed by atoms with Gasteiger partial charge in [-0.2, -0.15) is 0 Å². The van der Waals surface area contributed by atoms with Gasteiger partial charge in [-0.05, 0) is 29.7 Å². The number of benzene rings is 2. The van der Waals surface area contributed by atoms with Gasteiger partial charge in [0, 0.05) is 12.8 Å². The van der Waals surface area contributed by atoms with Crippen molar-refractivity contribution >= 4 is 11.9 Å². The summed E-state index contributed by atoms with van der Waals surface area (Å²) in [5.41, 5.74) is 1.75. The van der Waals surface area contributed by atoms with Crippen molar-refractivity contribution < 1.29 is 19.4 Å². The maximum Gasteiger partial charge on any atom is 0.329 e. The molecule has 216 valence electrons. The summed E-state index contributed by atoms with van der Waals surface area (Å²) in [6.45, 7) is 2.43. The van der Waals surface area contributed by atoms with Crippen LogP contribution in [-0.4, -0.2) is 23.0 Å². The number of phenols is 1. The van der Waals surface area contributed by atoms with E-state index in [0.29, 0.717) is 12.8 Å². The molecule has 1 atom stereocenters. The molecule has 39 heavy (non-hydrogen) atoms. The van der Waals surface area contributed by atoms with E-state index in [1.54, 1.807) is 24.3 Å². The first-order chi connectivity index (χ1) is 19.1. The van der Waals surface area contributed by atoms with Gasteiger partial charge in [-0.3, -0.25) is 4.79 Å². The Morgan fingerprint density at radius 3 is 1.74 bits per heavy atom. The molecule has 0 aliphatic heterocycles. The van der Waals surface area contributed by atoms with Crippen LogP contribution in [0.25, 0.3) is 0 Å². The molecule has 0 aromatic heterocycles. The summed E-state index contributed by atoms with van der Waals surface area (Å²) >= 11 is 0. The van der Waals surface area contributed by atoms with Crippen molar-refractivity contribution in [3.8, 4) is 5.75 Å². The fourth-order valence-corrected chi connectivity index (χ4v) is 4.81. The minimum absolute atomic E-state index is 0.120. The molecule has 0 radical (unpaired) electrons. The zero-order valence-electron chi connectivity index (χ0n) is 24.2. The van der Waals surface area contributed by atoms with Crippen LogP contribution in [0.1, 0.15) is 121 Å². The number of aromatic hydroxyl groups is 1. The van der Waals surface area contributed by atoms with Crippen LogP contribution in [0, 0.1) is 0 Å². The highest BCUT2D eigenvalue weighted by Gasteiger charge is 2.23. The number of phenolic OH excluding ortho intramolecular Hbond substituents is 1. The van der Waals surface area contributed by atoms with E-state index in [1.807, 2.05) is 30.3 Å². The van der Waals surface area contributed by atoms with Gasteiger partial charge in [0.15, 0.2) is 0 Å². The van der Waals surface area contributed by atoms with E-state index >= 15 is 0 Å². The van der Waals surface area contributed by atoms with Gasteiger partial charge in [-0.15, -0.1) is 0 Å². The van der Waals surface area contributed by atoms with Crippen molar-refractivity contribution in [1.29, 1.82) is 0 Å². The van der Waals surface area contributed by atoms with Gasteiger partial charge >= 0.3 is 5.97 Å². The number of hydrogen-bond donors (Lipinski definition) is 2. The Kier molecular flexibility index (Phi) is 17.5. The Labute approximate surface area is 236 Å². The predicted molar refractivity (Wildman–Crippen MR) is 160 cm³/mol. The fourth-order valence-electron chi connectivity index (χ4n) is 4.81. The average molecular weight is 538 g/mol. The molecule has 0 aliphatic carbocycles. The van der Waals surface area contributed by atoms with E-state index in [1.165, 1.54) is 77.0 Å². The third-order valence-corrected chi connectivity index (χ3v) is 7.23. The number of unbranched alkanes of at least 4 members (excludes halogenated alkanes) is 14. The van der Waals surface area contributed by atoms with E-state index in [-0.39, 0.29) is 18.3 Å². The third kappa shape index (κ3) is 16.0. The van der Waals surface area contributed by atoms with Gasteiger partial charge in [0.2, 0.25) is 5.91 Å². The molecular weight excluding hydrogens is 486 g/mol. The molecular formula is C34H51NO4. The number of hydrogen-bond acceptors (Lipinski definition) is 4. The van der Waals surface area contributed by atoms with Crippen molar-refractivity contribution in [2.24, 2.45) is 0 Å². The number of carbonyl (C=O) groups is 2. The molecule has 0 saturated carbocycles. The quantitative estimate of drug-likeness (QED) is 0.117. The van der Waals surface area contributed by atoms with Crippen LogP contribution in [0.3, 0.4) is 0 Å². The Bertz CT molecular complexity index is 897. The number of ether oxygens (including phenoxy) is 1. The van der Waals surface area contributed by atoms with Crippen molar-refractivity contribution in [2.75, 3.05) is 0 Å². The Hall–Kier alpha value is -2.82. The van der Waals surface area contributed by atoms with Gasteiger partial charge in [-0.1, -0.05) is 139 Å². The second kappa shape index (κ2) is 21.1. The Morgan fingerprint density at radius 1 is 0.692 bits per heavy atom. The predicted octanol–water partition coefficient (Wildman–Crippen LogP) is 8.42. The lowest BCUT2D eigenvalue weighted by Crippen LogP contribution is -2.43. The molecule has 0 aliphatic rings. The van der Waals surface area contributed by atoms with Gasteiger partial charge in [0.1, 0.15) is 18.4 Å². The smallest absolute Gasteiger partial charge is 0.329 e. The van der Waals surface area contributed by atoms with Crippen LogP contribution in [0.15, 0.2) is 54.6 Å². The topological polar surface area (TPSA) is 75.6 Å².